The molecule has 0 unspecified atom stereocenters. The summed E-state index contributed by atoms with van der Waals surface area (Å²) in [5, 5.41) is 3.59. The quantitative estimate of drug-likeness (QED) is 0.569. The Morgan fingerprint density at radius 3 is 2.56 bits per heavy atom. The molecule has 0 atom stereocenters. The van der Waals surface area contributed by atoms with Crippen molar-refractivity contribution in [3.8, 4) is 17.0 Å². The highest BCUT2D eigenvalue weighted by Gasteiger charge is 2.19. The Hall–Kier alpha value is -2.09. The van der Waals surface area contributed by atoms with Gasteiger partial charge in [-0.2, -0.15) is 8.42 Å². The van der Waals surface area contributed by atoms with Gasteiger partial charge >= 0.3 is 10.2 Å². The van der Waals surface area contributed by atoms with Crippen molar-refractivity contribution in [2.24, 2.45) is 0 Å². The number of halogens is 3. The lowest BCUT2D eigenvalue weighted by Crippen LogP contribution is -1.95. The van der Waals surface area contributed by atoms with Gasteiger partial charge in [-0.25, -0.2) is 0 Å². The Morgan fingerprint density at radius 1 is 1.08 bits per heavy atom. The standard InChI is InChI=1S/C16H10Cl2FNO4S/c17-13-5-4-10(6-14(13)18)9-23-12-3-1-2-11(7-12)15-8-16(24-20-15)25(19,21)22/h1-8H,9H2. The van der Waals surface area contributed by atoms with E-state index in [1.165, 1.54) is 0 Å². The van der Waals surface area contributed by atoms with Gasteiger partial charge in [0, 0.05) is 11.6 Å². The molecule has 0 aliphatic heterocycles. The lowest BCUT2D eigenvalue weighted by atomic mass is 10.1. The zero-order valence-electron chi connectivity index (χ0n) is 12.4. The summed E-state index contributed by atoms with van der Waals surface area (Å²) in [4.78, 5) is 0. The van der Waals surface area contributed by atoms with E-state index >= 15 is 0 Å². The zero-order chi connectivity index (χ0) is 18.0. The highest BCUT2D eigenvalue weighted by Crippen LogP contribution is 2.27. The Kier molecular flexibility index (Phi) is 4.99. The van der Waals surface area contributed by atoms with Crippen LogP contribution in [0.25, 0.3) is 11.3 Å². The Morgan fingerprint density at radius 2 is 1.88 bits per heavy atom. The van der Waals surface area contributed by atoms with Gasteiger partial charge in [-0.3, -0.25) is 0 Å². The molecule has 0 saturated carbocycles. The molecule has 25 heavy (non-hydrogen) atoms. The fraction of sp³-hybridized carbons (Fsp3) is 0.0625. The van der Waals surface area contributed by atoms with E-state index in [1.807, 2.05) is 0 Å². The number of hydrogen-bond donors (Lipinski definition) is 0. The molecule has 5 nitrogen and oxygen atoms in total. The first-order valence-electron chi connectivity index (χ1n) is 6.91. The highest BCUT2D eigenvalue weighted by molar-refractivity contribution is 7.86. The first-order valence-corrected chi connectivity index (χ1v) is 9.05. The van der Waals surface area contributed by atoms with Gasteiger partial charge in [0.2, 0.25) is 0 Å². The molecule has 1 aromatic heterocycles. The molecule has 1 heterocycles. The van der Waals surface area contributed by atoms with Crippen LogP contribution in [0.2, 0.25) is 10.0 Å². The summed E-state index contributed by atoms with van der Waals surface area (Å²) in [6, 6.07) is 12.9. The van der Waals surface area contributed by atoms with E-state index in [2.05, 4.69) is 9.68 Å². The number of hydrogen-bond acceptors (Lipinski definition) is 5. The van der Waals surface area contributed by atoms with Gasteiger partial charge in [-0.05, 0) is 29.8 Å². The average Bonchev–Trinajstić information content (AvgIpc) is 3.07. The molecule has 0 amide bonds. The van der Waals surface area contributed by atoms with E-state index in [-0.39, 0.29) is 12.3 Å². The maximum atomic E-state index is 12.9. The first kappa shape index (κ1) is 17.7. The average molecular weight is 402 g/mol. The third-order valence-corrected chi connectivity index (χ3v) is 4.66. The Bertz CT molecular complexity index is 1020. The van der Waals surface area contributed by atoms with Crippen molar-refractivity contribution in [2.45, 2.75) is 11.7 Å². The van der Waals surface area contributed by atoms with Gasteiger partial charge in [0.25, 0.3) is 5.09 Å². The molecular formula is C16H10Cl2FNO4S. The molecule has 0 spiro atoms. The second-order valence-corrected chi connectivity index (χ2v) is 7.13. The summed E-state index contributed by atoms with van der Waals surface area (Å²) in [6.45, 7) is 0.253. The highest BCUT2D eigenvalue weighted by atomic mass is 35.5. The van der Waals surface area contributed by atoms with Crippen molar-refractivity contribution in [1.29, 1.82) is 0 Å². The molecule has 0 radical (unpaired) electrons. The smallest absolute Gasteiger partial charge is 0.368 e. The molecule has 0 N–H and O–H groups in total. The van der Waals surface area contributed by atoms with Gasteiger partial charge in [0.05, 0.1) is 10.0 Å². The van der Waals surface area contributed by atoms with E-state index in [0.717, 1.165) is 11.6 Å². The summed E-state index contributed by atoms with van der Waals surface area (Å²) in [5.74, 6) is 0.510. The van der Waals surface area contributed by atoms with Crippen molar-refractivity contribution in [2.75, 3.05) is 0 Å². The van der Waals surface area contributed by atoms with Crippen LogP contribution in [0.15, 0.2) is 58.1 Å². The maximum absolute atomic E-state index is 12.9. The molecule has 0 aliphatic rings. The summed E-state index contributed by atoms with van der Waals surface area (Å²) in [6.07, 6.45) is 0. The molecule has 0 bridgehead atoms. The van der Waals surface area contributed by atoms with Crippen LogP contribution in [0.4, 0.5) is 3.89 Å². The summed E-state index contributed by atoms with van der Waals surface area (Å²) in [5.41, 5.74) is 1.52. The van der Waals surface area contributed by atoms with E-state index in [9.17, 15) is 12.3 Å². The number of aromatic nitrogens is 1. The number of ether oxygens (including phenoxy) is 1. The number of nitrogens with zero attached hydrogens (tertiary/aromatic N) is 1. The van der Waals surface area contributed by atoms with Crippen LogP contribution in [0, 0.1) is 0 Å². The van der Waals surface area contributed by atoms with E-state index in [0.29, 0.717) is 21.4 Å². The first-order chi connectivity index (χ1) is 11.8. The van der Waals surface area contributed by atoms with Crippen molar-refractivity contribution in [1.82, 2.24) is 5.16 Å². The van der Waals surface area contributed by atoms with Gasteiger partial charge < -0.3 is 9.26 Å². The summed E-state index contributed by atoms with van der Waals surface area (Å²) >= 11 is 11.8. The predicted molar refractivity (Wildman–Crippen MR) is 91.0 cm³/mol. The van der Waals surface area contributed by atoms with Crippen molar-refractivity contribution < 1.29 is 21.6 Å². The molecular weight excluding hydrogens is 392 g/mol. The second-order valence-electron chi connectivity index (χ2n) is 5.03. The molecule has 0 fully saturated rings. The third-order valence-electron chi connectivity index (χ3n) is 3.25. The summed E-state index contributed by atoms with van der Waals surface area (Å²) < 4.78 is 44.7. The minimum absolute atomic E-state index is 0.177. The molecule has 3 rings (SSSR count). The topological polar surface area (TPSA) is 69.4 Å². The van der Waals surface area contributed by atoms with Crippen LogP contribution >= 0.6 is 23.2 Å². The minimum Gasteiger partial charge on any atom is -0.489 e. The van der Waals surface area contributed by atoms with Crippen LogP contribution in [0.5, 0.6) is 5.75 Å². The second kappa shape index (κ2) is 7.03. The van der Waals surface area contributed by atoms with Crippen LogP contribution in [0.1, 0.15) is 5.56 Å². The van der Waals surface area contributed by atoms with E-state index in [4.69, 9.17) is 27.9 Å². The zero-order valence-corrected chi connectivity index (χ0v) is 14.8. The third kappa shape index (κ3) is 4.31. The minimum atomic E-state index is -4.94. The SMILES string of the molecule is O=S(=O)(F)c1cc(-c2cccc(OCc3ccc(Cl)c(Cl)c3)c2)no1. The van der Waals surface area contributed by atoms with Crippen LogP contribution < -0.4 is 4.74 Å². The van der Waals surface area contributed by atoms with E-state index in [1.54, 1.807) is 42.5 Å². The lowest BCUT2D eigenvalue weighted by molar-refractivity contribution is 0.306. The molecule has 2 aromatic carbocycles. The fourth-order valence-corrected chi connectivity index (χ4v) is 2.75. The molecule has 130 valence electrons. The van der Waals surface area contributed by atoms with Gasteiger partial charge in [0.15, 0.2) is 0 Å². The van der Waals surface area contributed by atoms with Gasteiger partial charge in [-0.1, -0.05) is 50.4 Å². The molecule has 9 heteroatoms. The van der Waals surface area contributed by atoms with Gasteiger partial charge in [0.1, 0.15) is 18.1 Å². The monoisotopic (exact) mass is 401 g/mol. The number of rotatable bonds is 5. The fourth-order valence-electron chi connectivity index (χ4n) is 2.05. The van der Waals surface area contributed by atoms with Crippen LogP contribution in [-0.4, -0.2) is 13.6 Å². The van der Waals surface area contributed by atoms with Crippen molar-refractivity contribution in [3.63, 3.8) is 0 Å². The lowest BCUT2D eigenvalue weighted by Gasteiger charge is -2.08. The Balaban J connectivity index is 1.77. The van der Waals surface area contributed by atoms with Crippen molar-refractivity contribution >= 4 is 33.4 Å². The normalized spacial score (nSPS) is 11.5. The van der Waals surface area contributed by atoms with Crippen LogP contribution in [-0.2, 0) is 16.8 Å². The largest absolute Gasteiger partial charge is 0.489 e. The van der Waals surface area contributed by atoms with Crippen molar-refractivity contribution in [3.05, 3.63) is 64.1 Å². The maximum Gasteiger partial charge on any atom is 0.368 e. The Labute approximate surface area is 153 Å². The van der Waals surface area contributed by atoms with E-state index < -0.39 is 15.3 Å². The molecule has 0 aliphatic carbocycles. The van der Waals surface area contributed by atoms with Gasteiger partial charge in [-0.15, -0.1) is 0 Å². The molecule has 3 aromatic rings. The summed E-state index contributed by atoms with van der Waals surface area (Å²) in [7, 11) is -4.94. The van der Waals surface area contributed by atoms with Crippen LogP contribution in [0.3, 0.4) is 0 Å². The predicted octanol–water partition coefficient (Wildman–Crippen LogP) is 4.89. The molecule has 0 saturated heterocycles. The number of benzene rings is 2.